The summed E-state index contributed by atoms with van der Waals surface area (Å²) in [6.45, 7) is 1.04. The Bertz CT molecular complexity index is 1560. The maximum atomic E-state index is 14.1. The van der Waals surface area contributed by atoms with Crippen LogP contribution in [0.2, 0.25) is 5.02 Å². The second-order valence-corrected chi connectivity index (χ2v) is 11.9. The number of anilines is 1. The molecule has 1 saturated carbocycles. The molecule has 5 rings (SSSR count). The molecule has 13 heteroatoms. The zero-order valence-corrected chi connectivity index (χ0v) is 26.2. The van der Waals surface area contributed by atoms with Crippen molar-refractivity contribution in [3.8, 4) is 5.75 Å². The maximum Gasteiger partial charge on any atom is 0.247 e. The number of nitrogens with one attached hydrogen (secondary N) is 1. The highest BCUT2D eigenvalue weighted by Crippen LogP contribution is 2.32. The number of aromatic nitrogens is 1. The lowest BCUT2D eigenvalue weighted by Gasteiger charge is -2.38. The summed E-state index contributed by atoms with van der Waals surface area (Å²) in [5, 5.41) is 15.8. The van der Waals surface area contributed by atoms with Gasteiger partial charge in [-0.05, 0) is 61.9 Å². The molecule has 2 aliphatic rings. The van der Waals surface area contributed by atoms with Crippen LogP contribution in [0.4, 0.5) is 18.9 Å². The molecule has 2 amide bonds. The van der Waals surface area contributed by atoms with E-state index in [4.69, 9.17) is 21.1 Å². The average molecular weight is 661 g/mol. The normalized spacial score (nSPS) is 16.5. The molecule has 0 spiro atoms. The molecule has 1 saturated heterocycles. The van der Waals surface area contributed by atoms with Crippen LogP contribution in [0, 0.1) is 22.7 Å². The first-order valence-electron chi connectivity index (χ1n) is 15.3. The first-order valence-corrected chi connectivity index (χ1v) is 15.6. The zero-order valence-electron chi connectivity index (χ0n) is 25.4. The summed E-state index contributed by atoms with van der Waals surface area (Å²) >= 11 is 6.47. The summed E-state index contributed by atoms with van der Waals surface area (Å²) in [4.78, 5) is 30.5. The van der Waals surface area contributed by atoms with Gasteiger partial charge in [0.2, 0.25) is 17.6 Å². The third-order valence-electron chi connectivity index (χ3n) is 8.11. The van der Waals surface area contributed by atoms with E-state index >= 15 is 0 Å². The molecule has 3 aromatic rings. The number of ether oxygens (including phenoxy) is 2. The molecule has 1 atom stereocenters. The van der Waals surface area contributed by atoms with Crippen molar-refractivity contribution in [2.75, 3.05) is 38.3 Å². The molecule has 246 valence electrons. The molecule has 0 bridgehead atoms. The van der Waals surface area contributed by atoms with Gasteiger partial charge in [0.25, 0.3) is 0 Å². The van der Waals surface area contributed by atoms with Gasteiger partial charge in [0.05, 0.1) is 13.2 Å². The largest absolute Gasteiger partial charge is 0.618 e. The summed E-state index contributed by atoms with van der Waals surface area (Å²) in [6, 6.07) is 9.65. The molecule has 46 heavy (non-hydrogen) atoms. The summed E-state index contributed by atoms with van der Waals surface area (Å²) in [5.74, 6) is -4.72. The van der Waals surface area contributed by atoms with Gasteiger partial charge in [0, 0.05) is 56.6 Å². The summed E-state index contributed by atoms with van der Waals surface area (Å²) in [6.07, 6.45) is 5.06. The van der Waals surface area contributed by atoms with Crippen molar-refractivity contribution >= 4 is 29.1 Å². The molecule has 0 radical (unpaired) electrons. The number of hydrogen-bond acceptors (Lipinski definition) is 6. The predicted octanol–water partition coefficient (Wildman–Crippen LogP) is 4.48. The van der Waals surface area contributed by atoms with Gasteiger partial charge in [-0.3, -0.25) is 14.5 Å². The quantitative estimate of drug-likeness (QED) is 0.119. The Morgan fingerprint density at radius 2 is 1.80 bits per heavy atom. The van der Waals surface area contributed by atoms with Crippen molar-refractivity contribution in [1.29, 1.82) is 0 Å². The number of benzene rings is 2. The van der Waals surface area contributed by atoms with Gasteiger partial charge in [-0.2, -0.15) is 9.12 Å². The minimum Gasteiger partial charge on any atom is -0.618 e. The lowest BCUT2D eigenvalue weighted by atomic mass is 10.1. The van der Waals surface area contributed by atoms with E-state index in [9.17, 15) is 28.0 Å². The molecule has 1 aliphatic heterocycles. The Labute approximate surface area is 270 Å². The number of piperazine rings is 1. The van der Waals surface area contributed by atoms with Crippen molar-refractivity contribution in [2.45, 2.75) is 57.2 Å². The van der Waals surface area contributed by atoms with E-state index in [-0.39, 0.29) is 49.1 Å². The van der Waals surface area contributed by atoms with Gasteiger partial charge >= 0.3 is 0 Å². The Hall–Kier alpha value is -3.87. The fourth-order valence-corrected chi connectivity index (χ4v) is 5.76. The maximum absolute atomic E-state index is 14.1. The summed E-state index contributed by atoms with van der Waals surface area (Å²) < 4.78 is 52.1. The van der Waals surface area contributed by atoms with Crippen LogP contribution in [-0.2, 0) is 33.7 Å². The van der Waals surface area contributed by atoms with Gasteiger partial charge in [-0.25, -0.2) is 8.78 Å². The first-order chi connectivity index (χ1) is 22.2. The number of hydrogen-bond donors (Lipinski definition) is 1. The van der Waals surface area contributed by atoms with Crippen LogP contribution >= 0.6 is 11.6 Å². The van der Waals surface area contributed by atoms with E-state index in [1.54, 1.807) is 30.2 Å². The Balaban J connectivity index is 1.26. The number of halogens is 4. The van der Waals surface area contributed by atoms with Crippen LogP contribution in [0.25, 0.3) is 0 Å². The monoisotopic (exact) mass is 660 g/mol. The lowest BCUT2D eigenvalue weighted by molar-refractivity contribution is -0.614. The molecule has 2 aromatic carbocycles. The number of aryl methyl sites for hydroxylation is 2. The highest BCUT2D eigenvalue weighted by molar-refractivity contribution is 6.31. The highest BCUT2D eigenvalue weighted by Gasteiger charge is 2.41. The third-order valence-corrected chi connectivity index (χ3v) is 8.45. The number of nitrogens with zero attached hydrogens (tertiary/aromatic N) is 3. The Morgan fingerprint density at radius 1 is 1.09 bits per heavy atom. The minimum absolute atomic E-state index is 0.0119. The number of methoxy groups -OCH3 is 1. The smallest absolute Gasteiger partial charge is 0.247 e. The molecule has 1 aliphatic carbocycles. The van der Waals surface area contributed by atoms with Gasteiger partial charge < -0.3 is 24.9 Å². The molecule has 1 N–H and O–H groups in total. The van der Waals surface area contributed by atoms with Crippen molar-refractivity contribution in [3.05, 3.63) is 93.2 Å². The molecule has 1 aromatic heterocycles. The predicted molar refractivity (Wildman–Crippen MR) is 165 cm³/mol. The van der Waals surface area contributed by atoms with Crippen LogP contribution in [0.15, 0.2) is 48.7 Å². The fourth-order valence-electron chi connectivity index (χ4n) is 5.55. The van der Waals surface area contributed by atoms with Gasteiger partial charge in [-0.1, -0.05) is 23.7 Å². The Kier molecular flexibility index (Phi) is 11.0. The van der Waals surface area contributed by atoms with E-state index in [0.717, 1.165) is 29.2 Å². The average Bonchev–Trinajstić information content (AvgIpc) is 3.89. The van der Waals surface area contributed by atoms with Crippen LogP contribution in [-0.4, -0.2) is 62.2 Å². The van der Waals surface area contributed by atoms with Gasteiger partial charge in [0.15, 0.2) is 29.3 Å². The van der Waals surface area contributed by atoms with E-state index in [2.05, 4.69) is 5.32 Å². The van der Waals surface area contributed by atoms with Crippen molar-refractivity contribution < 1.29 is 37.0 Å². The molecule has 0 unspecified atom stereocenters. The highest BCUT2D eigenvalue weighted by atomic mass is 35.5. The van der Waals surface area contributed by atoms with Gasteiger partial charge in [-0.15, -0.1) is 0 Å². The van der Waals surface area contributed by atoms with Crippen molar-refractivity contribution in [1.82, 2.24) is 10.2 Å². The number of carbonyl (C=O) groups is 2. The fraction of sp³-hybridized carbons (Fsp3) is 0.424. The number of rotatable bonds is 14. The van der Waals surface area contributed by atoms with E-state index in [1.807, 2.05) is 12.1 Å². The first kappa shape index (κ1) is 33.5. The third kappa shape index (κ3) is 7.91. The molecular weight excluding hydrogens is 625 g/mol. The lowest BCUT2D eigenvalue weighted by Crippen LogP contribution is -2.61. The number of carbonyl (C=O) groups excluding carboxylic acids is 2. The van der Waals surface area contributed by atoms with Crippen LogP contribution in [0.1, 0.15) is 42.5 Å². The topological polar surface area (TPSA) is 98.0 Å². The second-order valence-electron chi connectivity index (χ2n) is 11.5. The molecule has 2 fully saturated rings. The second kappa shape index (κ2) is 15.1. The molecule has 2 heterocycles. The van der Waals surface area contributed by atoms with Gasteiger partial charge in [0.1, 0.15) is 11.1 Å². The zero-order chi connectivity index (χ0) is 32.8. The number of pyridine rings is 1. The van der Waals surface area contributed by atoms with E-state index < -0.39 is 29.2 Å². The minimum atomic E-state index is -1.36. The standard InChI is InChI=1S/C33H36ClF3N4O5/c1-45-14-3-5-25-16-22(26(34)20-40(25)44)19-39(23-10-11-23)33(43)29-17-38-18-30(42)41(29)24-8-6-21(7-9-24)4-2-15-46-32-28(36)13-12-27(35)31(32)37/h6-9,12-13,16,20,23,29,38H,2-5,10-11,14-15,17-19H2,1H3/t29-/m1/s1. The summed E-state index contributed by atoms with van der Waals surface area (Å²) in [5.41, 5.74) is 2.65. The van der Waals surface area contributed by atoms with Crippen molar-refractivity contribution in [3.63, 3.8) is 0 Å². The summed E-state index contributed by atoms with van der Waals surface area (Å²) in [7, 11) is 1.60. The molecular formula is C33H36ClF3N4O5. The Morgan fingerprint density at radius 3 is 2.52 bits per heavy atom. The van der Waals surface area contributed by atoms with Crippen molar-refractivity contribution in [2.24, 2.45) is 0 Å². The van der Waals surface area contributed by atoms with E-state index in [0.29, 0.717) is 55.3 Å². The van der Waals surface area contributed by atoms with Crippen LogP contribution in [0.3, 0.4) is 0 Å². The number of amides is 2. The van der Waals surface area contributed by atoms with Crippen LogP contribution < -0.4 is 19.7 Å². The SMILES string of the molecule is COCCCc1cc(CN(C(=O)[C@H]2CNCC(=O)N2c2ccc(CCCOc3c(F)ccc(F)c3F)cc2)C2CC2)c(Cl)c[n+]1[O-]. The van der Waals surface area contributed by atoms with Crippen LogP contribution in [0.5, 0.6) is 5.75 Å². The van der Waals surface area contributed by atoms with E-state index in [1.165, 1.54) is 11.1 Å². The molecule has 9 nitrogen and oxygen atoms in total.